The van der Waals surface area contributed by atoms with Gasteiger partial charge >= 0.3 is 0 Å². The number of ether oxygens (including phenoxy) is 2. The Morgan fingerprint density at radius 2 is 1.83 bits per heavy atom. The Kier molecular flexibility index (Phi) is 5.82. The number of benzene rings is 2. The van der Waals surface area contributed by atoms with Crippen molar-refractivity contribution >= 4 is 17.4 Å². The van der Waals surface area contributed by atoms with Crippen LogP contribution in [0, 0.1) is 11.6 Å². The fraction of sp³-hybridized carbons (Fsp3) is 0.250. The molecule has 1 saturated carbocycles. The molecule has 6 nitrogen and oxygen atoms in total. The number of amides is 1. The molecule has 5 rings (SSSR count). The summed E-state index contributed by atoms with van der Waals surface area (Å²) in [5, 5.41) is 0. The van der Waals surface area contributed by atoms with E-state index in [1.807, 2.05) is 30.3 Å². The van der Waals surface area contributed by atoms with Crippen LogP contribution in [0.5, 0.6) is 11.5 Å². The first-order chi connectivity index (χ1) is 17.3. The topological polar surface area (TPSA) is 68.7 Å². The summed E-state index contributed by atoms with van der Waals surface area (Å²) in [7, 11) is 2.53. The molecule has 1 spiro atoms. The van der Waals surface area contributed by atoms with E-state index >= 15 is 8.78 Å². The van der Waals surface area contributed by atoms with Crippen LogP contribution in [0.1, 0.15) is 29.5 Å². The SMILES string of the molecule is C=CC(=O)Cc1cccc(-c2cc3c(cn2)CN(c2c(F)c(OC)cc(OC)c2F)C(=O)C32CC2)c1. The summed E-state index contributed by atoms with van der Waals surface area (Å²) in [5.74, 6) is -2.80. The molecule has 3 aromatic rings. The maximum atomic E-state index is 15.2. The zero-order valence-electron chi connectivity index (χ0n) is 19.9. The van der Waals surface area contributed by atoms with Gasteiger partial charge in [0.1, 0.15) is 5.69 Å². The van der Waals surface area contributed by atoms with Crippen LogP contribution in [0.3, 0.4) is 0 Å². The van der Waals surface area contributed by atoms with E-state index in [2.05, 4.69) is 11.6 Å². The number of hydrogen-bond donors (Lipinski definition) is 0. The lowest BCUT2D eigenvalue weighted by molar-refractivity contribution is -0.121. The highest BCUT2D eigenvalue weighted by molar-refractivity contribution is 6.05. The van der Waals surface area contributed by atoms with Gasteiger partial charge in [0.2, 0.25) is 5.91 Å². The zero-order chi connectivity index (χ0) is 25.6. The van der Waals surface area contributed by atoms with E-state index in [0.717, 1.165) is 33.2 Å². The number of nitrogens with zero attached hydrogens (tertiary/aromatic N) is 2. The first-order valence-electron chi connectivity index (χ1n) is 11.5. The Labute approximate surface area is 207 Å². The second-order valence-corrected chi connectivity index (χ2v) is 9.01. The lowest BCUT2D eigenvalue weighted by atomic mass is 9.85. The molecule has 1 fully saturated rings. The largest absolute Gasteiger partial charge is 0.493 e. The number of halogens is 2. The highest BCUT2D eigenvalue weighted by Gasteiger charge is 2.57. The molecular weight excluding hydrogens is 466 g/mol. The monoisotopic (exact) mass is 490 g/mol. The third kappa shape index (κ3) is 3.73. The fourth-order valence-corrected chi connectivity index (χ4v) is 4.84. The van der Waals surface area contributed by atoms with Gasteiger partial charge in [-0.15, -0.1) is 0 Å². The second-order valence-electron chi connectivity index (χ2n) is 9.01. The van der Waals surface area contributed by atoms with Crippen molar-refractivity contribution in [3.8, 4) is 22.8 Å². The van der Waals surface area contributed by atoms with E-state index in [1.54, 1.807) is 6.20 Å². The third-order valence-electron chi connectivity index (χ3n) is 6.88. The number of ketones is 1. The molecule has 8 heteroatoms. The summed E-state index contributed by atoms with van der Waals surface area (Å²) < 4.78 is 40.6. The van der Waals surface area contributed by atoms with E-state index in [9.17, 15) is 9.59 Å². The molecule has 0 saturated heterocycles. The summed E-state index contributed by atoms with van der Waals surface area (Å²) in [6, 6.07) is 10.5. The number of carbonyl (C=O) groups excluding carboxylic acids is 2. The predicted molar refractivity (Wildman–Crippen MR) is 130 cm³/mol. The molecule has 0 N–H and O–H groups in total. The lowest BCUT2D eigenvalue weighted by Crippen LogP contribution is -2.45. The Balaban J connectivity index is 1.56. The summed E-state index contributed by atoms with van der Waals surface area (Å²) in [6.07, 6.45) is 4.31. The molecule has 1 aromatic heterocycles. The number of pyridine rings is 1. The highest BCUT2D eigenvalue weighted by Crippen LogP contribution is 2.55. The average Bonchev–Trinajstić information content (AvgIpc) is 3.69. The van der Waals surface area contributed by atoms with E-state index in [1.165, 1.54) is 20.3 Å². The van der Waals surface area contributed by atoms with Crippen molar-refractivity contribution in [1.82, 2.24) is 4.98 Å². The normalized spacial score (nSPS) is 15.4. The van der Waals surface area contributed by atoms with Gasteiger partial charge in [-0.2, -0.15) is 0 Å². The number of hydrogen-bond acceptors (Lipinski definition) is 5. The first kappa shape index (κ1) is 23.7. The van der Waals surface area contributed by atoms with E-state index < -0.39 is 22.7 Å². The van der Waals surface area contributed by atoms with Crippen molar-refractivity contribution in [3.63, 3.8) is 0 Å². The van der Waals surface area contributed by atoms with E-state index in [0.29, 0.717) is 18.5 Å². The average molecular weight is 491 g/mol. The Hall–Kier alpha value is -4.07. The molecule has 184 valence electrons. The van der Waals surface area contributed by atoms with Crippen LogP contribution in [0.4, 0.5) is 14.5 Å². The van der Waals surface area contributed by atoms with Crippen LogP contribution in [0.2, 0.25) is 0 Å². The maximum absolute atomic E-state index is 15.2. The Morgan fingerprint density at radius 1 is 1.14 bits per heavy atom. The smallest absolute Gasteiger partial charge is 0.238 e. The van der Waals surface area contributed by atoms with Gasteiger partial charge in [0, 0.05) is 24.2 Å². The Bertz CT molecular complexity index is 1390. The molecule has 2 aromatic carbocycles. The predicted octanol–water partition coefficient (Wildman–Crippen LogP) is 4.92. The molecule has 1 amide bonds. The zero-order valence-corrected chi connectivity index (χ0v) is 19.9. The van der Waals surface area contributed by atoms with Crippen molar-refractivity contribution in [1.29, 1.82) is 0 Å². The maximum Gasteiger partial charge on any atom is 0.238 e. The van der Waals surface area contributed by atoms with Crippen molar-refractivity contribution in [2.24, 2.45) is 0 Å². The number of allylic oxidation sites excluding steroid dienone is 1. The molecule has 2 aliphatic rings. The van der Waals surface area contributed by atoms with Crippen LogP contribution in [0.25, 0.3) is 11.3 Å². The molecule has 36 heavy (non-hydrogen) atoms. The van der Waals surface area contributed by atoms with Crippen LogP contribution in [-0.2, 0) is 28.0 Å². The van der Waals surface area contributed by atoms with Crippen molar-refractivity contribution in [2.75, 3.05) is 19.1 Å². The van der Waals surface area contributed by atoms with Gasteiger partial charge in [0.15, 0.2) is 28.9 Å². The van der Waals surface area contributed by atoms with Gasteiger partial charge in [-0.25, -0.2) is 8.78 Å². The van der Waals surface area contributed by atoms with Crippen LogP contribution >= 0.6 is 0 Å². The molecule has 0 atom stereocenters. The molecule has 0 unspecified atom stereocenters. The minimum absolute atomic E-state index is 0.0404. The molecule has 1 aliphatic heterocycles. The molecule has 1 aliphatic carbocycles. The Morgan fingerprint density at radius 3 is 2.44 bits per heavy atom. The molecular formula is C28H24F2N2O4. The summed E-state index contributed by atoms with van der Waals surface area (Å²) in [6.45, 7) is 3.47. The second kappa shape index (κ2) is 8.86. The number of rotatable bonds is 7. The van der Waals surface area contributed by atoms with Gasteiger partial charge in [-0.3, -0.25) is 14.6 Å². The first-order valence-corrected chi connectivity index (χ1v) is 11.5. The van der Waals surface area contributed by atoms with Crippen molar-refractivity contribution in [3.05, 3.63) is 83.6 Å². The van der Waals surface area contributed by atoms with Crippen molar-refractivity contribution < 1.29 is 27.8 Å². The van der Waals surface area contributed by atoms with Crippen LogP contribution in [0.15, 0.2) is 55.3 Å². The van der Waals surface area contributed by atoms with Gasteiger partial charge in [0.25, 0.3) is 0 Å². The molecule has 0 radical (unpaired) electrons. The number of methoxy groups -OCH3 is 2. The van der Waals surface area contributed by atoms with Gasteiger partial charge < -0.3 is 14.4 Å². The minimum Gasteiger partial charge on any atom is -0.493 e. The quantitative estimate of drug-likeness (QED) is 0.440. The van der Waals surface area contributed by atoms with Gasteiger partial charge in [0.05, 0.1) is 31.9 Å². The van der Waals surface area contributed by atoms with Gasteiger partial charge in [-0.1, -0.05) is 24.8 Å². The molecule has 2 heterocycles. The summed E-state index contributed by atoms with van der Waals surface area (Å²) >= 11 is 0. The lowest BCUT2D eigenvalue weighted by Gasteiger charge is -2.35. The van der Waals surface area contributed by atoms with Gasteiger partial charge in [-0.05, 0) is 47.7 Å². The third-order valence-corrected chi connectivity index (χ3v) is 6.88. The minimum atomic E-state index is -0.959. The van der Waals surface area contributed by atoms with Crippen LogP contribution in [-0.4, -0.2) is 30.9 Å². The summed E-state index contributed by atoms with van der Waals surface area (Å²) in [4.78, 5) is 31.2. The van der Waals surface area contributed by atoms with E-state index in [-0.39, 0.29) is 36.2 Å². The highest BCUT2D eigenvalue weighted by atomic mass is 19.1. The van der Waals surface area contributed by atoms with E-state index in [4.69, 9.17) is 9.47 Å². The number of fused-ring (bicyclic) bond motifs is 2. The summed E-state index contributed by atoms with van der Waals surface area (Å²) in [5.41, 5.74) is 2.49. The fourth-order valence-electron chi connectivity index (χ4n) is 4.84. The standard InChI is InChI=1S/C28H24F2N2O4/c1-4-19(33)11-16-6-5-7-17(10-16)21-12-20-18(14-31-21)15-32(27(34)28(20)8-9-28)26-24(29)22(35-2)13-23(36-3)25(26)30/h4-7,10,12-14H,1,8-9,11,15H2,2-3H3. The van der Waals surface area contributed by atoms with Crippen molar-refractivity contribution in [2.45, 2.75) is 31.2 Å². The molecule has 0 bridgehead atoms. The van der Waals surface area contributed by atoms with Crippen LogP contribution < -0.4 is 14.4 Å². The number of aromatic nitrogens is 1. The number of anilines is 1. The number of carbonyl (C=O) groups is 2.